The summed E-state index contributed by atoms with van der Waals surface area (Å²) >= 11 is 0. The molecule has 9 nitrogen and oxygen atoms in total. The lowest BCUT2D eigenvalue weighted by atomic mass is 9.78. The Hall–Kier alpha value is -2.85. The van der Waals surface area contributed by atoms with E-state index in [1.54, 1.807) is 32.2 Å². The number of nitrogens with zero attached hydrogens (tertiary/aromatic N) is 2. The highest BCUT2D eigenvalue weighted by atomic mass is 16.5. The predicted octanol–water partition coefficient (Wildman–Crippen LogP) is 0.797. The SMILES string of the molecule is CC(C)Oc1ccnc(Nc2cc3c(c(B(O)O)c2)OC(C)(C)C(=O)N3)n1. The first kappa shape index (κ1) is 18.9. The third kappa shape index (κ3) is 4.12. The molecule has 142 valence electrons. The Balaban J connectivity index is 1.95. The van der Waals surface area contributed by atoms with E-state index in [0.717, 1.165) is 0 Å². The molecule has 0 bridgehead atoms. The number of hydrogen-bond donors (Lipinski definition) is 4. The van der Waals surface area contributed by atoms with Gasteiger partial charge in [0.1, 0.15) is 5.75 Å². The quantitative estimate of drug-likeness (QED) is 0.568. The van der Waals surface area contributed by atoms with Crippen LogP contribution in [0, 0.1) is 0 Å². The van der Waals surface area contributed by atoms with Crippen LogP contribution in [0.3, 0.4) is 0 Å². The van der Waals surface area contributed by atoms with E-state index >= 15 is 0 Å². The minimum Gasteiger partial charge on any atom is -0.476 e. The summed E-state index contributed by atoms with van der Waals surface area (Å²) in [5, 5.41) is 25.2. The molecule has 2 heterocycles. The molecule has 1 aliphatic heterocycles. The van der Waals surface area contributed by atoms with E-state index in [2.05, 4.69) is 20.6 Å². The van der Waals surface area contributed by atoms with Crippen molar-refractivity contribution in [3.8, 4) is 11.6 Å². The maximum absolute atomic E-state index is 12.2. The van der Waals surface area contributed by atoms with Gasteiger partial charge >= 0.3 is 7.12 Å². The fourth-order valence-corrected chi connectivity index (χ4v) is 2.53. The third-order valence-electron chi connectivity index (χ3n) is 3.79. The number of carbonyl (C=O) groups is 1. The average Bonchev–Trinajstić information content (AvgIpc) is 2.55. The van der Waals surface area contributed by atoms with Crippen molar-refractivity contribution in [1.82, 2.24) is 9.97 Å². The number of benzene rings is 1. The van der Waals surface area contributed by atoms with E-state index in [4.69, 9.17) is 9.47 Å². The molecule has 1 aromatic heterocycles. The van der Waals surface area contributed by atoms with Crippen molar-refractivity contribution in [2.45, 2.75) is 39.4 Å². The lowest BCUT2D eigenvalue weighted by Gasteiger charge is -2.33. The van der Waals surface area contributed by atoms with Crippen LogP contribution in [0.1, 0.15) is 27.7 Å². The number of ether oxygens (including phenoxy) is 2. The van der Waals surface area contributed by atoms with E-state index in [-0.39, 0.29) is 29.2 Å². The number of amides is 1. The second-order valence-electron chi connectivity index (χ2n) is 6.89. The Bertz CT molecular complexity index is 872. The summed E-state index contributed by atoms with van der Waals surface area (Å²) in [6.45, 7) is 6.97. The molecule has 0 radical (unpaired) electrons. The van der Waals surface area contributed by atoms with Gasteiger partial charge in [-0.3, -0.25) is 4.79 Å². The number of rotatable bonds is 5. The minimum absolute atomic E-state index is 0.0386. The summed E-state index contributed by atoms with van der Waals surface area (Å²) in [7, 11) is -1.79. The first-order valence-electron chi connectivity index (χ1n) is 8.47. The lowest BCUT2D eigenvalue weighted by Crippen LogP contribution is -2.48. The summed E-state index contributed by atoms with van der Waals surface area (Å²) in [5.41, 5.74) is -0.251. The molecule has 0 saturated heterocycles. The number of aromatic nitrogens is 2. The Kier molecular flexibility index (Phi) is 4.94. The van der Waals surface area contributed by atoms with Gasteiger partial charge in [-0.15, -0.1) is 0 Å². The molecule has 1 aromatic carbocycles. The highest BCUT2D eigenvalue weighted by Crippen LogP contribution is 2.35. The predicted molar refractivity (Wildman–Crippen MR) is 101 cm³/mol. The van der Waals surface area contributed by atoms with Crippen LogP contribution in [0.2, 0.25) is 0 Å². The largest absolute Gasteiger partial charge is 0.492 e. The van der Waals surface area contributed by atoms with Crippen LogP contribution >= 0.6 is 0 Å². The average molecular weight is 372 g/mol. The number of fused-ring (bicyclic) bond motifs is 1. The molecule has 4 N–H and O–H groups in total. The van der Waals surface area contributed by atoms with Crippen molar-refractivity contribution in [2.24, 2.45) is 0 Å². The molecule has 27 heavy (non-hydrogen) atoms. The van der Waals surface area contributed by atoms with Crippen molar-refractivity contribution in [3.63, 3.8) is 0 Å². The van der Waals surface area contributed by atoms with Crippen LogP contribution in [0.15, 0.2) is 24.4 Å². The molecule has 0 aliphatic carbocycles. The molecule has 0 atom stereocenters. The van der Waals surface area contributed by atoms with Gasteiger partial charge in [0.15, 0.2) is 5.60 Å². The van der Waals surface area contributed by atoms with Gasteiger partial charge in [0.25, 0.3) is 5.91 Å². The normalized spacial score (nSPS) is 14.9. The number of carbonyl (C=O) groups excluding carboxylic acids is 1. The van der Waals surface area contributed by atoms with Crippen LogP contribution in [0.25, 0.3) is 0 Å². The van der Waals surface area contributed by atoms with Gasteiger partial charge in [-0.05, 0) is 39.8 Å². The number of nitrogens with one attached hydrogen (secondary N) is 2. The molecule has 1 amide bonds. The van der Waals surface area contributed by atoms with Crippen molar-refractivity contribution < 1.29 is 24.3 Å². The van der Waals surface area contributed by atoms with Crippen LogP contribution in [-0.2, 0) is 4.79 Å². The van der Waals surface area contributed by atoms with Crippen LogP contribution in [0.5, 0.6) is 11.6 Å². The van der Waals surface area contributed by atoms with Crippen LogP contribution < -0.4 is 25.6 Å². The Labute approximate surface area is 156 Å². The molecule has 0 saturated carbocycles. The van der Waals surface area contributed by atoms with Gasteiger partial charge in [-0.1, -0.05) is 0 Å². The second-order valence-corrected chi connectivity index (χ2v) is 6.89. The van der Waals surface area contributed by atoms with Crippen molar-refractivity contribution in [2.75, 3.05) is 10.6 Å². The Morgan fingerprint density at radius 2 is 2.07 bits per heavy atom. The maximum Gasteiger partial charge on any atom is 0.492 e. The summed E-state index contributed by atoms with van der Waals surface area (Å²) < 4.78 is 11.2. The molecule has 3 rings (SSSR count). The molecule has 1 aliphatic rings. The Morgan fingerprint density at radius 3 is 2.74 bits per heavy atom. The first-order valence-corrected chi connectivity index (χ1v) is 8.47. The van der Waals surface area contributed by atoms with E-state index < -0.39 is 12.7 Å². The fourth-order valence-electron chi connectivity index (χ4n) is 2.53. The maximum atomic E-state index is 12.2. The van der Waals surface area contributed by atoms with E-state index in [0.29, 0.717) is 17.3 Å². The van der Waals surface area contributed by atoms with Gasteiger partial charge in [0.05, 0.1) is 11.8 Å². The van der Waals surface area contributed by atoms with E-state index in [1.165, 1.54) is 6.07 Å². The van der Waals surface area contributed by atoms with Gasteiger partial charge in [-0.2, -0.15) is 4.98 Å². The highest BCUT2D eigenvalue weighted by molar-refractivity contribution is 6.60. The van der Waals surface area contributed by atoms with Gasteiger partial charge in [-0.25, -0.2) is 4.98 Å². The lowest BCUT2D eigenvalue weighted by molar-refractivity contribution is -0.129. The van der Waals surface area contributed by atoms with Crippen molar-refractivity contribution >= 4 is 35.8 Å². The summed E-state index contributed by atoms with van der Waals surface area (Å²) in [6.07, 6.45) is 1.50. The summed E-state index contributed by atoms with van der Waals surface area (Å²) in [6, 6.07) is 4.74. The molecular formula is C17H21BN4O5. The molecule has 0 fully saturated rings. The van der Waals surface area contributed by atoms with Crippen molar-refractivity contribution in [1.29, 1.82) is 0 Å². The van der Waals surface area contributed by atoms with Crippen LogP contribution in [0.4, 0.5) is 17.3 Å². The van der Waals surface area contributed by atoms with E-state index in [1.807, 2.05) is 13.8 Å². The van der Waals surface area contributed by atoms with E-state index in [9.17, 15) is 14.8 Å². The zero-order valence-electron chi connectivity index (χ0n) is 15.5. The van der Waals surface area contributed by atoms with Gasteiger partial charge in [0.2, 0.25) is 11.8 Å². The minimum atomic E-state index is -1.79. The zero-order valence-corrected chi connectivity index (χ0v) is 15.5. The summed E-state index contributed by atoms with van der Waals surface area (Å²) in [4.78, 5) is 20.5. The number of hydrogen-bond acceptors (Lipinski definition) is 8. The molecule has 0 spiro atoms. The first-order chi connectivity index (χ1) is 12.7. The number of anilines is 3. The highest BCUT2D eigenvalue weighted by Gasteiger charge is 2.38. The van der Waals surface area contributed by atoms with Crippen LogP contribution in [-0.4, -0.2) is 44.7 Å². The summed E-state index contributed by atoms with van der Waals surface area (Å²) in [5.74, 6) is 0.531. The van der Waals surface area contributed by atoms with Crippen molar-refractivity contribution in [3.05, 3.63) is 24.4 Å². The second kappa shape index (κ2) is 7.05. The van der Waals surface area contributed by atoms with Gasteiger partial charge in [0, 0.05) is 23.4 Å². The standard InChI is InChI=1S/C17H21BN4O5/c1-9(2)26-13-5-6-19-16(22-13)20-10-7-11(18(24)25)14-12(8-10)21-15(23)17(3,4)27-14/h5-9,24-25H,1-4H3,(H,21,23)(H,19,20,22). The fraction of sp³-hybridized carbons (Fsp3) is 0.353. The molecular weight excluding hydrogens is 351 g/mol. The molecule has 2 aromatic rings. The smallest absolute Gasteiger partial charge is 0.476 e. The molecule has 0 unspecified atom stereocenters. The molecule has 10 heteroatoms. The topological polar surface area (TPSA) is 126 Å². The monoisotopic (exact) mass is 372 g/mol. The third-order valence-corrected chi connectivity index (χ3v) is 3.79. The Morgan fingerprint density at radius 1 is 1.33 bits per heavy atom. The van der Waals surface area contributed by atoms with Gasteiger partial charge < -0.3 is 30.2 Å². The zero-order chi connectivity index (χ0) is 19.8.